The van der Waals surface area contributed by atoms with E-state index < -0.39 is 11.9 Å². The fraction of sp³-hybridized carbons (Fsp3) is 0.353. The predicted molar refractivity (Wildman–Crippen MR) is 163 cm³/mol. The van der Waals surface area contributed by atoms with Crippen molar-refractivity contribution in [2.24, 2.45) is 0 Å². The van der Waals surface area contributed by atoms with E-state index in [4.69, 9.17) is 9.97 Å². The number of fused-ring (bicyclic) bond motifs is 8. The van der Waals surface area contributed by atoms with Crippen LogP contribution in [0.15, 0.2) is 24.3 Å². The zero-order valence-corrected chi connectivity index (χ0v) is 26.4. The van der Waals surface area contributed by atoms with Crippen molar-refractivity contribution in [3.05, 3.63) is 69.3 Å². The van der Waals surface area contributed by atoms with E-state index in [9.17, 15) is 19.8 Å². The summed E-state index contributed by atoms with van der Waals surface area (Å²) in [5.41, 5.74) is 14.9. The number of carbonyl (C=O) groups excluding carboxylic acids is 2. The number of carboxylic acids is 2. The van der Waals surface area contributed by atoms with Crippen molar-refractivity contribution in [2.45, 2.75) is 80.1 Å². The Bertz CT molecular complexity index is 1860. The fourth-order valence-corrected chi connectivity index (χ4v) is 6.21. The molecule has 3 aromatic heterocycles. The van der Waals surface area contributed by atoms with Gasteiger partial charge in [0, 0.05) is 34.0 Å². The van der Waals surface area contributed by atoms with Gasteiger partial charge in [0.25, 0.3) is 0 Å². The standard InChI is InChI=1S/C34H38N4O4.Ni/c1-7-21-17(3)25-13-26-19(5)23(9-11-33(39)40)31(37-26)16-32-24(10-12-34(41)42)20(6)28(38-32)15-30-22(8-2)18(4)27(36-30)14-29(21)35-25;/h13-16,35-36H,7-12H2,1-6H3,(H,39,40)(H,41,42);/q;+2/p-2. The minimum absolute atomic E-state index is 0. The molecule has 0 amide bonds. The van der Waals surface area contributed by atoms with Crippen LogP contribution >= 0.6 is 0 Å². The number of aromatic nitrogens is 4. The summed E-state index contributed by atoms with van der Waals surface area (Å²) in [6.45, 7) is 12.4. The normalized spacial score (nSPS) is 13.0. The molecular weight excluding hydrogens is 587 g/mol. The van der Waals surface area contributed by atoms with Crippen LogP contribution in [0.25, 0.3) is 44.4 Å². The third-order valence-electron chi connectivity index (χ3n) is 8.67. The van der Waals surface area contributed by atoms with Gasteiger partial charge in [0.1, 0.15) is 0 Å². The van der Waals surface area contributed by atoms with Crippen molar-refractivity contribution >= 4 is 56.3 Å². The molecule has 0 unspecified atom stereocenters. The first kappa shape index (κ1) is 32.0. The van der Waals surface area contributed by atoms with Crippen LogP contribution in [-0.4, -0.2) is 31.9 Å². The average Bonchev–Trinajstić information content (AvgIpc) is 3.59. The van der Waals surface area contributed by atoms with E-state index in [1.54, 1.807) is 0 Å². The van der Waals surface area contributed by atoms with E-state index in [0.717, 1.165) is 74.2 Å². The van der Waals surface area contributed by atoms with Crippen LogP contribution < -0.4 is 10.2 Å². The molecule has 8 nitrogen and oxygen atoms in total. The third kappa shape index (κ3) is 6.09. The summed E-state index contributed by atoms with van der Waals surface area (Å²) >= 11 is 0. The second kappa shape index (κ2) is 12.7. The van der Waals surface area contributed by atoms with Crippen molar-refractivity contribution < 1.29 is 36.3 Å². The number of carbonyl (C=O) groups is 2. The number of aliphatic carboxylic acids is 2. The molecule has 0 aliphatic carbocycles. The van der Waals surface area contributed by atoms with Crippen LogP contribution in [0, 0.1) is 13.8 Å². The second-order valence-electron chi connectivity index (χ2n) is 11.1. The number of carboxylic acid groups (broad SMARTS) is 2. The van der Waals surface area contributed by atoms with Gasteiger partial charge in [-0.1, -0.05) is 13.8 Å². The molecule has 2 aliphatic heterocycles. The van der Waals surface area contributed by atoms with Crippen LogP contribution in [-0.2, 0) is 38.9 Å². The molecule has 5 heterocycles. The third-order valence-corrected chi connectivity index (χ3v) is 8.67. The number of hydrogen-bond donors (Lipinski definition) is 2. The zero-order valence-electron chi connectivity index (χ0n) is 25.4. The number of nitrogens with zero attached hydrogens (tertiary/aromatic N) is 2. The summed E-state index contributed by atoms with van der Waals surface area (Å²) in [6, 6.07) is 8.09. The molecule has 5 rings (SSSR count). The Labute approximate surface area is 261 Å². The van der Waals surface area contributed by atoms with Crippen molar-refractivity contribution in [1.29, 1.82) is 0 Å². The number of aryl methyl sites for hydroxylation is 4. The molecule has 226 valence electrons. The molecule has 2 aliphatic rings. The molecule has 43 heavy (non-hydrogen) atoms. The number of rotatable bonds is 8. The second-order valence-corrected chi connectivity index (χ2v) is 11.1. The van der Waals surface area contributed by atoms with E-state index in [1.807, 2.05) is 32.0 Å². The Morgan fingerprint density at radius 1 is 0.628 bits per heavy atom. The van der Waals surface area contributed by atoms with Gasteiger partial charge in [-0.15, -0.1) is 0 Å². The molecule has 8 bridgehead atoms. The maximum absolute atomic E-state index is 11.4. The van der Waals surface area contributed by atoms with Gasteiger partial charge in [0.2, 0.25) is 0 Å². The van der Waals surface area contributed by atoms with Gasteiger partial charge < -0.3 is 29.8 Å². The quantitative estimate of drug-likeness (QED) is 0.340. The first-order valence-electron chi connectivity index (χ1n) is 14.6. The summed E-state index contributed by atoms with van der Waals surface area (Å²) in [5.74, 6) is -2.25. The summed E-state index contributed by atoms with van der Waals surface area (Å²) in [6.07, 6.45) is 1.96. The van der Waals surface area contributed by atoms with Crippen LogP contribution in [0.1, 0.15) is 98.4 Å². The van der Waals surface area contributed by atoms with Crippen LogP contribution in [0.2, 0.25) is 0 Å². The number of H-pyrrole nitrogens is 2. The molecule has 0 atom stereocenters. The largest absolute Gasteiger partial charge is 2.00 e. The molecule has 0 radical (unpaired) electrons. The molecule has 0 fully saturated rings. The Hall–Kier alpha value is -3.97. The molecule has 2 N–H and O–H groups in total. The summed E-state index contributed by atoms with van der Waals surface area (Å²) in [5, 5.41) is 22.8. The molecule has 0 saturated carbocycles. The smallest absolute Gasteiger partial charge is 0.550 e. The first-order chi connectivity index (χ1) is 20.0. The number of aromatic amines is 2. The number of allylic oxidation sites excluding steroid dienone is 4. The maximum Gasteiger partial charge on any atom is 2.00 e. The predicted octanol–water partition coefficient (Wildman–Crippen LogP) is 4.98. The van der Waals surface area contributed by atoms with Gasteiger partial charge in [-0.2, -0.15) is 0 Å². The topological polar surface area (TPSA) is 138 Å². The summed E-state index contributed by atoms with van der Waals surface area (Å²) < 4.78 is 0. The monoisotopic (exact) mass is 622 g/mol. The molecule has 0 saturated heterocycles. The van der Waals surface area contributed by atoms with Crippen molar-refractivity contribution in [2.75, 3.05) is 0 Å². The molecule has 9 heteroatoms. The van der Waals surface area contributed by atoms with E-state index in [0.29, 0.717) is 11.4 Å². The number of hydrogen-bond acceptors (Lipinski definition) is 6. The summed E-state index contributed by atoms with van der Waals surface area (Å²) in [4.78, 5) is 40.0. The van der Waals surface area contributed by atoms with Crippen molar-refractivity contribution in [1.82, 2.24) is 19.9 Å². The van der Waals surface area contributed by atoms with E-state index >= 15 is 0 Å². The minimum atomic E-state index is -1.13. The van der Waals surface area contributed by atoms with Crippen molar-refractivity contribution in [3.63, 3.8) is 0 Å². The Balaban J connectivity index is 0.00000423. The maximum atomic E-state index is 11.4. The van der Waals surface area contributed by atoms with E-state index in [1.165, 1.54) is 16.7 Å². The van der Waals surface area contributed by atoms with Gasteiger partial charge in [0.05, 0.1) is 22.8 Å². The molecule has 0 spiro atoms. The van der Waals surface area contributed by atoms with Gasteiger partial charge in [0.15, 0.2) is 0 Å². The first-order valence-corrected chi connectivity index (χ1v) is 14.6. The molecule has 0 aromatic carbocycles. The van der Waals surface area contributed by atoms with Crippen LogP contribution in [0.3, 0.4) is 0 Å². The Morgan fingerprint density at radius 2 is 1.02 bits per heavy atom. The number of nitrogens with one attached hydrogen (secondary N) is 2. The van der Waals surface area contributed by atoms with E-state index in [2.05, 4.69) is 43.7 Å². The average molecular weight is 623 g/mol. The molecular formula is C34H36N4NiO4. The Morgan fingerprint density at radius 3 is 1.44 bits per heavy atom. The van der Waals surface area contributed by atoms with E-state index in [-0.39, 0.29) is 42.2 Å². The zero-order chi connectivity index (χ0) is 30.3. The van der Waals surface area contributed by atoms with Gasteiger partial charge >= 0.3 is 16.5 Å². The van der Waals surface area contributed by atoms with Gasteiger partial charge in [-0.3, -0.25) is 0 Å². The fourth-order valence-electron chi connectivity index (χ4n) is 6.21. The molecule has 3 aromatic rings. The van der Waals surface area contributed by atoms with Crippen LogP contribution in [0.4, 0.5) is 0 Å². The van der Waals surface area contributed by atoms with Crippen molar-refractivity contribution in [3.8, 4) is 0 Å². The van der Waals surface area contributed by atoms with Crippen LogP contribution in [0.5, 0.6) is 0 Å². The summed E-state index contributed by atoms with van der Waals surface area (Å²) in [7, 11) is 0. The van der Waals surface area contributed by atoms with Gasteiger partial charge in [-0.25, -0.2) is 9.97 Å². The Kier molecular flexibility index (Phi) is 9.45. The SMILES string of the molecule is CCc1c(C)c2cc3[nH]c(cc4nc(cc5nc(cc1[nH]2)C(C)=C5CCC(=O)[O-])C(CCC(=O)[O-])=C4C)c(C)c3CC.[Ni+2]. The van der Waals surface area contributed by atoms with Gasteiger partial charge in [-0.05, 0) is 135 Å². The minimum Gasteiger partial charge on any atom is -0.550 e.